The van der Waals surface area contributed by atoms with Crippen LogP contribution in [0.15, 0.2) is 18.5 Å². The van der Waals surface area contributed by atoms with Crippen molar-refractivity contribution in [2.24, 2.45) is 0 Å². The molecule has 2 saturated heterocycles. The standard InChI is InChI=1S/C15H20FN3O2/c16-14-8-17-5-4-13(14)15(20)18-7-12-9-19-6-2-1-3-11(19)10-21-12/h4-5,8,11-12H,1-3,6-7,9-10H2,(H,18,20)/t11-,12+/m1/s1. The second-order valence-corrected chi connectivity index (χ2v) is 5.67. The molecule has 3 heterocycles. The number of piperidine rings is 1. The van der Waals surface area contributed by atoms with Gasteiger partial charge in [0.2, 0.25) is 0 Å². The molecule has 21 heavy (non-hydrogen) atoms. The van der Waals surface area contributed by atoms with Crippen LogP contribution >= 0.6 is 0 Å². The van der Waals surface area contributed by atoms with E-state index in [1.165, 1.54) is 31.5 Å². The summed E-state index contributed by atoms with van der Waals surface area (Å²) in [6, 6.07) is 1.91. The van der Waals surface area contributed by atoms with E-state index in [9.17, 15) is 9.18 Å². The van der Waals surface area contributed by atoms with Gasteiger partial charge in [0, 0.05) is 25.3 Å². The molecule has 2 fully saturated rings. The highest BCUT2D eigenvalue weighted by molar-refractivity contribution is 5.94. The van der Waals surface area contributed by atoms with Gasteiger partial charge in [-0.25, -0.2) is 4.39 Å². The van der Waals surface area contributed by atoms with Gasteiger partial charge in [-0.05, 0) is 25.5 Å². The van der Waals surface area contributed by atoms with Crippen LogP contribution in [0.4, 0.5) is 4.39 Å². The van der Waals surface area contributed by atoms with E-state index in [1.807, 2.05) is 0 Å². The van der Waals surface area contributed by atoms with Gasteiger partial charge in [-0.15, -0.1) is 0 Å². The Morgan fingerprint density at radius 1 is 1.52 bits per heavy atom. The minimum atomic E-state index is -0.601. The first kappa shape index (κ1) is 14.4. The highest BCUT2D eigenvalue weighted by Crippen LogP contribution is 2.21. The average molecular weight is 293 g/mol. The molecule has 1 aromatic heterocycles. The molecule has 2 aliphatic rings. The zero-order valence-electron chi connectivity index (χ0n) is 11.9. The molecule has 0 unspecified atom stereocenters. The number of amides is 1. The zero-order chi connectivity index (χ0) is 14.7. The summed E-state index contributed by atoms with van der Waals surface area (Å²) in [5.41, 5.74) is 0.0247. The molecule has 0 aliphatic carbocycles. The fourth-order valence-corrected chi connectivity index (χ4v) is 3.04. The number of carbonyl (C=O) groups is 1. The van der Waals surface area contributed by atoms with Crippen LogP contribution in [0.25, 0.3) is 0 Å². The SMILES string of the molecule is O=C(NC[C@H]1CN2CCCC[C@@H]2CO1)c1ccncc1F. The quantitative estimate of drug-likeness (QED) is 0.910. The van der Waals surface area contributed by atoms with Crippen molar-refractivity contribution in [1.29, 1.82) is 0 Å². The lowest BCUT2D eigenvalue weighted by atomic mass is 10.0. The summed E-state index contributed by atoms with van der Waals surface area (Å²) >= 11 is 0. The highest BCUT2D eigenvalue weighted by atomic mass is 19.1. The molecule has 2 atom stereocenters. The Hall–Kier alpha value is -1.53. The van der Waals surface area contributed by atoms with Gasteiger partial charge in [0.15, 0.2) is 5.82 Å². The lowest BCUT2D eigenvalue weighted by Crippen LogP contribution is -2.54. The normalized spacial score (nSPS) is 26.1. The van der Waals surface area contributed by atoms with Crippen LogP contribution in [0.2, 0.25) is 0 Å². The van der Waals surface area contributed by atoms with Crippen LogP contribution in [0.1, 0.15) is 29.6 Å². The monoisotopic (exact) mass is 293 g/mol. The first-order chi connectivity index (χ1) is 10.2. The molecule has 114 valence electrons. The van der Waals surface area contributed by atoms with Crippen LogP contribution in [-0.2, 0) is 4.74 Å². The predicted molar refractivity (Wildman–Crippen MR) is 75.5 cm³/mol. The summed E-state index contributed by atoms with van der Waals surface area (Å²) in [4.78, 5) is 18.0. The Balaban J connectivity index is 1.51. The second-order valence-electron chi connectivity index (χ2n) is 5.67. The molecular weight excluding hydrogens is 273 g/mol. The number of pyridine rings is 1. The van der Waals surface area contributed by atoms with Crippen LogP contribution < -0.4 is 5.32 Å². The molecule has 0 aromatic carbocycles. The van der Waals surface area contributed by atoms with E-state index >= 15 is 0 Å². The summed E-state index contributed by atoms with van der Waals surface area (Å²) in [5, 5.41) is 2.75. The molecule has 0 spiro atoms. The van der Waals surface area contributed by atoms with Gasteiger partial charge in [-0.2, -0.15) is 0 Å². The van der Waals surface area contributed by atoms with Gasteiger partial charge in [-0.1, -0.05) is 6.42 Å². The fourth-order valence-electron chi connectivity index (χ4n) is 3.04. The molecular formula is C15H20FN3O2. The number of hydrogen-bond donors (Lipinski definition) is 1. The van der Waals surface area contributed by atoms with E-state index in [0.717, 1.165) is 25.9 Å². The number of carbonyl (C=O) groups excluding carboxylic acids is 1. The average Bonchev–Trinajstić information content (AvgIpc) is 2.53. The molecule has 6 heteroatoms. The lowest BCUT2D eigenvalue weighted by molar-refractivity contribution is -0.0725. The Labute approximate surface area is 123 Å². The third-order valence-corrected chi connectivity index (χ3v) is 4.22. The van der Waals surface area contributed by atoms with Crippen molar-refractivity contribution in [2.45, 2.75) is 31.4 Å². The van der Waals surface area contributed by atoms with Gasteiger partial charge < -0.3 is 10.1 Å². The number of rotatable bonds is 3. The molecule has 0 saturated carbocycles. The number of aromatic nitrogens is 1. The number of nitrogens with zero attached hydrogens (tertiary/aromatic N) is 2. The Morgan fingerprint density at radius 2 is 2.43 bits per heavy atom. The largest absolute Gasteiger partial charge is 0.373 e. The molecule has 0 radical (unpaired) electrons. The number of fused-ring (bicyclic) bond motifs is 1. The Kier molecular flexibility index (Phi) is 4.45. The van der Waals surface area contributed by atoms with E-state index in [2.05, 4.69) is 15.2 Å². The van der Waals surface area contributed by atoms with Crippen LogP contribution in [0, 0.1) is 5.82 Å². The number of ether oxygens (including phenoxy) is 1. The van der Waals surface area contributed by atoms with E-state index in [-0.39, 0.29) is 11.7 Å². The van der Waals surface area contributed by atoms with E-state index in [1.54, 1.807) is 0 Å². The van der Waals surface area contributed by atoms with Gasteiger partial charge >= 0.3 is 0 Å². The lowest BCUT2D eigenvalue weighted by Gasteiger charge is -2.42. The van der Waals surface area contributed by atoms with Crippen LogP contribution in [-0.4, -0.2) is 54.2 Å². The Morgan fingerprint density at radius 3 is 3.29 bits per heavy atom. The number of hydrogen-bond acceptors (Lipinski definition) is 4. The molecule has 0 bridgehead atoms. The minimum absolute atomic E-state index is 0.0202. The van der Waals surface area contributed by atoms with Crippen molar-refractivity contribution in [3.8, 4) is 0 Å². The van der Waals surface area contributed by atoms with Crippen molar-refractivity contribution < 1.29 is 13.9 Å². The Bertz CT molecular complexity index is 511. The predicted octanol–water partition coefficient (Wildman–Crippen LogP) is 1.20. The minimum Gasteiger partial charge on any atom is -0.373 e. The summed E-state index contributed by atoms with van der Waals surface area (Å²) in [7, 11) is 0. The third-order valence-electron chi connectivity index (χ3n) is 4.22. The van der Waals surface area contributed by atoms with E-state index in [4.69, 9.17) is 4.74 Å². The second kappa shape index (κ2) is 6.49. The maximum Gasteiger partial charge on any atom is 0.254 e. The molecule has 1 aromatic rings. The molecule has 2 aliphatic heterocycles. The van der Waals surface area contributed by atoms with Crippen molar-refractivity contribution >= 4 is 5.91 Å². The maximum atomic E-state index is 13.5. The van der Waals surface area contributed by atoms with Gasteiger partial charge in [0.05, 0.1) is 24.5 Å². The van der Waals surface area contributed by atoms with Gasteiger partial charge in [0.25, 0.3) is 5.91 Å². The van der Waals surface area contributed by atoms with Gasteiger partial charge in [0.1, 0.15) is 0 Å². The first-order valence-electron chi connectivity index (χ1n) is 7.47. The molecule has 5 nitrogen and oxygen atoms in total. The summed E-state index contributed by atoms with van der Waals surface area (Å²) < 4.78 is 19.3. The van der Waals surface area contributed by atoms with Crippen molar-refractivity contribution in [1.82, 2.24) is 15.2 Å². The van der Waals surface area contributed by atoms with Crippen molar-refractivity contribution in [2.75, 3.05) is 26.2 Å². The summed E-state index contributed by atoms with van der Waals surface area (Å²) in [6.07, 6.45) is 6.14. The van der Waals surface area contributed by atoms with Crippen LogP contribution in [0.5, 0.6) is 0 Å². The van der Waals surface area contributed by atoms with Crippen molar-refractivity contribution in [3.63, 3.8) is 0 Å². The van der Waals surface area contributed by atoms with E-state index < -0.39 is 11.7 Å². The van der Waals surface area contributed by atoms with E-state index in [0.29, 0.717) is 12.6 Å². The topological polar surface area (TPSA) is 54.5 Å². The fraction of sp³-hybridized carbons (Fsp3) is 0.600. The number of morpholine rings is 1. The molecule has 3 rings (SSSR count). The summed E-state index contributed by atoms with van der Waals surface area (Å²) in [5.74, 6) is -1.02. The summed E-state index contributed by atoms with van der Waals surface area (Å²) in [6.45, 7) is 3.08. The third kappa shape index (κ3) is 3.39. The number of nitrogens with one attached hydrogen (secondary N) is 1. The first-order valence-corrected chi connectivity index (χ1v) is 7.47. The van der Waals surface area contributed by atoms with Crippen molar-refractivity contribution in [3.05, 3.63) is 29.8 Å². The highest BCUT2D eigenvalue weighted by Gasteiger charge is 2.30. The smallest absolute Gasteiger partial charge is 0.254 e. The maximum absolute atomic E-state index is 13.5. The zero-order valence-corrected chi connectivity index (χ0v) is 11.9. The van der Waals surface area contributed by atoms with Crippen LogP contribution in [0.3, 0.4) is 0 Å². The molecule has 1 amide bonds. The molecule has 1 N–H and O–H groups in total. The number of halogens is 1. The van der Waals surface area contributed by atoms with Gasteiger partial charge in [-0.3, -0.25) is 14.7 Å².